The molecule has 2 heterocycles. The Bertz CT molecular complexity index is 904. The van der Waals surface area contributed by atoms with Gasteiger partial charge in [-0.15, -0.1) is 0 Å². The summed E-state index contributed by atoms with van der Waals surface area (Å²) in [5, 5.41) is 5.20. The average Bonchev–Trinajstić information content (AvgIpc) is 3.34. The van der Waals surface area contributed by atoms with Crippen molar-refractivity contribution in [2.24, 2.45) is 0 Å². The second kappa shape index (κ2) is 7.34. The number of nitrogens with zero attached hydrogens (tertiary/aromatic N) is 1. The molecule has 1 fully saturated rings. The van der Waals surface area contributed by atoms with Crippen LogP contribution in [0.4, 0.5) is 0 Å². The zero-order chi connectivity index (χ0) is 17.9. The summed E-state index contributed by atoms with van der Waals surface area (Å²) in [7, 11) is 0. The van der Waals surface area contributed by atoms with Crippen LogP contribution in [-0.4, -0.2) is 30.4 Å². The van der Waals surface area contributed by atoms with Gasteiger partial charge in [0.15, 0.2) is 0 Å². The van der Waals surface area contributed by atoms with E-state index in [1.165, 1.54) is 12.8 Å². The number of benzene rings is 2. The van der Waals surface area contributed by atoms with Gasteiger partial charge in [-0.25, -0.2) is 0 Å². The van der Waals surface area contributed by atoms with Crippen molar-refractivity contribution >= 4 is 16.7 Å². The predicted molar refractivity (Wildman–Crippen MR) is 103 cm³/mol. The standard InChI is InChI=1S/C22H24N2O2/c1-16-11-12-21(26-16)20(24-13-4-5-14-24)15-23-22(25)19-10-6-8-17-7-2-3-9-18(17)19/h2-3,6-12,20H,4-5,13-15H2,1H3,(H,23,25)/t20-/m0/s1. The smallest absolute Gasteiger partial charge is 0.251 e. The van der Waals surface area contributed by atoms with Crippen molar-refractivity contribution in [3.8, 4) is 0 Å². The van der Waals surface area contributed by atoms with E-state index >= 15 is 0 Å². The third-order valence-electron chi connectivity index (χ3n) is 5.16. The highest BCUT2D eigenvalue weighted by molar-refractivity contribution is 6.07. The Hall–Kier alpha value is -2.59. The number of aryl methyl sites for hydroxylation is 1. The highest BCUT2D eigenvalue weighted by Crippen LogP contribution is 2.26. The largest absolute Gasteiger partial charge is 0.465 e. The lowest BCUT2D eigenvalue weighted by atomic mass is 10.0. The molecule has 134 valence electrons. The Labute approximate surface area is 153 Å². The van der Waals surface area contributed by atoms with Crippen LogP contribution in [0.25, 0.3) is 10.8 Å². The molecule has 1 aliphatic rings. The minimum atomic E-state index is -0.0331. The number of carbonyl (C=O) groups is 1. The normalized spacial score (nSPS) is 16.0. The van der Waals surface area contributed by atoms with Crippen molar-refractivity contribution < 1.29 is 9.21 Å². The highest BCUT2D eigenvalue weighted by Gasteiger charge is 2.26. The van der Waals surface area contributed by atoms with Crippen molar-refractivity contribution in [2.75, 3.05) is 19.6 Å². The van der Waals surface area contributed by atoms with Gasteiger partial charge in [0, 0.05) is 12.1 Å². The van der Waals surface area contributed by atoms with E-state index in [0.29, 0.717) is 6.54 Å². The predicted octanol–water partition coefficient (Wildman–Crippen LogP) is 4.31. The van der Waals surface area contributed by atoms with Crippen LogP contribution >= 0.6 is 0 Å². The Balaban J connectivity index is 1.54. The molecule has 0 bridgehead atoms. The van der Waals surface area contributed by atoms with Crippen molar-refractivity contribution in [3.05, 3.63) is 71.7 Å². The molecule has 0 spiro atoms. The fraction of sp³-hybridized carbons (Fsp3) is 0.318. The Morgan fingerprint density at radius 2 is 1.85 bits per heavy atom. The van der Waals surface area contributed by atoms with Gasteiger partial charge in [-0.2, -0.15) is 0 Å². The quantitative estimate of drug-likeness (QED) is 0.747. The van der Waals surface area contributed by atoms with Crippen molar-refractivity contribution in [1.29, 1.82) is 0 Å². The maximum Gasteiger partial charge on any atom is 0.251 e. The summed E-state index contributed by atoms with van der Waals surface area (Å²) in [6.07, 6.45) is 2.40. The summed E-state index contributed by atoms with van der Waals surface area (Å²) in [6.45, 7) is 4.61. The molecule has 0 radical (unpaired) electrons. The first-order valence-electron chi connectivity index (χ1n) is 9.29. The average molecular weight is 348 g/mol. The van der Waals surface area contributed by atoms with Crippen LogP contribution in [0.1, 0.15) is 40.8 Å². The minimum absolute atomic E-state index is 0.0331. The first kappa shape index (κ1) is 16.9. The number of likely N-dealkylation sites (tertiary alicyclic amines) is 1. The molecule has 2 aromatic carbocycles. The number of hydrogen-bond donors (Lipinski definition) is 1. The summed E-state index contributed by atoms with van der Waals surface area (Å²) >= 11 is 0. The minimum Gasteiger partial charge on any atom is -0.465 e. The molecular weight excluding hydrogens is 324 g/mol. The van der Waals surface area contributed by atoms with Gasteiger partial charge in [0.25, 0.3) is 5.91 Å². The Morgan fingerprint density at radius 1 is 1.08 bits per heavy atom. The molecule has 3 aromatic rings. The first-order valence-corrected chi connectivity index (χ1v) is 9.29. The molecule has 4 rings (SSSR count). The van der Waals surface area contributed by atoms with Gasteiger partial charge in [-0.05, 0) is 61.8 Å². The lowest BCUT2D eigenvalue weighted by molar-refractivity contribution is 0.0935. The molecule has 4 nitrogen and oxygen atoms in total. The molecule has 4 heteroatoms. The molecule has 0 unspecified atom stereocenters. The second-order valence-electron chi connectivity index (χ2n) is 6.94. The fourth-order valence-electron chi connectivity index (χ4n) is 3.80. The van der Waals surface area contributed by atoms with Crippen LogP contribution in [0.15, 0.2) is 59.0 Å². The molecule has 1 aromatic heterocycles. The lowest BCUT2D eigenvalue weighted by Crippen LogP contribution is -2.36. The van der Waals surface area contributed by atoms with Crippen molar-refractivity contribution in [2.45, 2.75) is 25.8 Å². The second-order valence-corrected chi connectivity index (χ2v) is 6.94. The summed E-state index contributed by atoms with van der Waals surface area (Å²) in [4.78, 5) is 15.3. The number of rotatable bonds is 5. The number of amides is 1. The van der Waals surface area contributed by atoms with Gasteiger partial charge in [0.2, 0.25) is 0 Å². The lowest BCUT2D eigenvalue weighted by Gasteiger charge is -2.26. The van der Waals surface area contributed by atoms with Gasteiger partial charge in [-0.1, -0.05) is 36.4 Å². The maximum absolute atomic E-state index is 12.9. The van der Waals surface area contributed by atoms with E-state index in [9.17, 15) is 4.79 Å². The summed E-state index contributed by atoms with van der Waals surface area (Å²) < 4.78 is 5.87. The van der Waals surface area contributed by atoms with Gasteiger partial charge in [0.05, 0.1) is 6.04 Å². The maximum atomic E-state index is 12.9. The molecule has 1 N–H and O–H groups in total. The number of carbonyl (C=O) groups excluding carboxylic acids is 1. The van der Waals surface area contributed by atoms with Crippen LogP contribution < -0.4 is 5.32 Å². The van der Waals surface area contributed by atoms with Gasteiger partial charge in [0.1, 0.15) is 11.5 Å². The number of nitrogens with one attached hydrogen (secondary N) is 1. The van der Waals surface area contributed by atoms with Crippen LogP contribution in [0.5, 0.6) is 0 Å². The number of fused-ring (bicyclic) bond motifs is 1. The third-order valence-corrected chi connectivity index (χ3v) is 5.16. The van der Waals surface area contributed by atoms with E-state index in [4.69, 9.17) is 4.42 Å². The van der Waals surface area contributed by atoms with E-state index in [1.54, 1.807) is 0 Å². The summed E-state index contributed by atoms with van der Waals surface area (Å²) in [6, 6.07) is 18.0. The number of hydrogen-bond acceptors (Lipinski definition) is 3. The molecule has 0 saturated carbocycles. The van der Waals surface area contributed by atoms with Crippen LogP contribution in [0, 0.1) is 6.92 Å². The van der Waals surface area contributed by atoms with Gasteiger partial charge in [-0.3, -0.25) is 9.69 Å². The topological polar surface area (TPSA) is 45.5 Å². The monoisotopic (exact) mass is 348 g/mol. The molecule has 1 atom stereocenters. The fourth-order valence-corrected chi connectivity index (χ4v) is 3.80. The third kappa shape index (κ3) is 3.37. The highest BCUT2D eigenvalue weighted by atomic mass is 16.3. The van der Waals surface area contributed by atoms with Crippen LogP contribution in [0.2, 0.25) is 0 Å². The first-order chi connectivity index (χ1) is 12.7. The van der Waals surface area contributed by atoms with Gasteiger partial charge >= 0.3 is 0 Å². The SMILES string of the molecule is Cc1ccc([C@H](CNC(=O)c2cccc3ccccc23)N2CCCC2)o1. The molecule has 1 aliphatic heterocycles. The van der Waals surface area contributed by atoms with Crippen molar-refractivity contribution in [3.63, 3.8) is 0 Å². The van der Waals surface area contributed by atoms with E-state index in [-0.39, 0.29) is 11.9 Å². The van der Waals surface area contributed by atoms with Crippen LogP contribution in [0.3, 0.4) is 0 Å². The van der Waals surface area contributed by atoms with Crippen LogP contribution in [-0.2, 0) is 0 Å². The van der Waals surface area contributed by atoms with E-state index in [0.717, 1.165) is 40.9 Å². The van der Waals surface area contributed by atoms with E-state index in [1.807, 2.05) is 61.5 Å². The summed E-state index contributed by atoms with van der Waals surface area (Å²) in [5.41, 5.74) is 0.721. The van der Waals surface area contributed by atoms with Crippen molar-refractivity contribution in [1.82, 2.24) is 10.2 Å². The Kier molecular flexibility index (Phi) is 4.76. The molecule has 26 heavy (non-hydrogen) atoms. The summed E-state index contributed by atoms with van der Waals surface area (Å²) in [5.74, 6) is 1.81. The Morgan fingerprint density at radius 3 is 2.62 bits per heavy atom. The zero-order valence-corrected chi connectivity index (χ0v) is 15.1. The van der Waals surface area contributed by atoms with Gasteiger partial charge < -0.3 is 9.73 Å². The molecule has 1 amide bonds. The van der Waals surface area contributed by atoms with E-state index in [2.05, 4.69) is 10.2 Å². The molecular formula is C22H24N2O2. The molecule has 1 saturated heterocycles. The zero-order valence-electron chi connectivity index (χ0n) is 15.1. The molecule has 0 aliphatic carbocycles. The number of furan rings is 1. The van der Waals surface area contributed by atoms with E-state index < -0.39 is 0 Å².